The van der Waals surface area contributed by atoms with Crippen LogP contribution in [0.2, 0.25) is 0 Å². The zero-order valence-corrected chi connectivity index (χ0v) is 15.4. The van der Waals surface area contributed by atoms with E-state index >= 15 is 0 Å². The highest BCUT2D eigenvalue weighted by Crippen LogP contribution is 2.40. The van der Waals surface area contributed by atoms with Crippen LogP contribution in [0.15, 0.2) is 29.2 Å². The van der Waals surface area contributed by atoms with Crippen LogP contribution in [0.1, 0.15) is 25.7 Å². The van der Waals surface area contributed by atoms with E-state index in [0.29, 0.717) is 32.7 Å². The summed E-state index contributed by atoms with van der Waals surface area (Å²) < 4.78 is 6.55. The van der Waals surface area contributed by atoms with Crippen molar-refractivity contribution in [2.75, 3.05) is 39.9 Å². The molecule has 1 aromatic rings. The Kier molecular flexibility index (Phi) is 5.76. The number of carbonyl (C=O) groups is 2. The minimum absolute atomic E-state index is 0.0173. The Labute approximate surface area is 153 Å². The van der Waals surface area contributed by atoms with Gasteiger partial charge >= 0.3 is 0 Å². The zero-order chi connectivity index (χ0) is 18.6. The van der Waals surface area contributed by atoms with E-state index in [1.165, 1.54) is 10.6 Å². The summed E-state index contributed by atoms with van der Waals surface area (Å²) in [6, 6.07) is 4.90. The number of rotatable bonds is 5. The zero-order valence-electron chi connectivity index (χ0n) is 15.4. The lowest BCUT2D eigenvalue weighted by Crippen LogP contribution is -2.53. The summed E-state index contributed by atoms with van der Waals surface area (Å²) in [6.45, 7) is 3.41. The summed E-state index contributed by atoms with van der Waals surface area (Å²) in [7, 11) is 1.65. The van der Waals surface area contributed by atoms with Gasteiger partial charge in [0.05, 0.1) is 6.61 Å². The van der Waals surface area contributed by atoms with Crippen LogP contribution in [0.25, 0.3) is 0 Å². The highest BCUT2D eigenvalue weighted by Gasteiger charge is 2.41. The Hall–Kier alpha value is -2.15. The Balaban J connectivity index is 1.56. The Morgan fingerprint density at radius 1 is 1.19 bits per heavy atom. The molecule has 26 heavy (non-hydrogen) atoms. The third kappa shape index (κ3) is 4.15. The maximum Gasteiger partial charge on any atom is 0.250 e. The Morgan fingerprint density at radius 2 is 1.96 bits per heavy atom. The van der Waals surface area contributed by atoms with Crippen molar-refractivity contribution < 1.29 is 14.3 Å². The van der Waals surface area contributed by atoms with Gasteiger partial charge < -0.3 is 19.1 Å². The first kappa shape index (κ1) is 18.6. The number of hydrogen-bond donors (Lipinski definition) is 0. The van der Waals surface area contributed by atoms with Gasteiger partial charge in [-0.15, -0.1) is 0 Å². The predicted molar refractivity (Wildman–Crippen MR) is 96.6 cm³/mol. The van der Waals surface area contributed by atoms with Crippen LogP contribution >= 0.6 is 0 Å². The number of methoxy groups -OCH3 is 1. The lowest BCUT2D eigenvalue weighted by Gasteiger charge is -2.47. The van der Waals surface area contributed by atoms with Crippen molar-refractivity contribution in [1.82, 2.24) is 14.4 Å². The summed E-state index contributed by atoms with van der Waals surface area (Å²) in [5, 5.41) is 0. The molecule has 2 saturated heterocycles. The van der Waals surface area contributed by atoms with Crippen LogP contribution in [-0.2, 0) is 20.9 Å². The monoisotopic (exact) mass is 361 g/mol. The van der Waals surface area contributed by atoms with Crippen LogP contribution in [0, 0.1) is 5.41 Å². The normalized spacial score (nSPS) is 19.8. The molecule has 2 aliphatic rings. The summed E-state index contributed by atoms with van der Waals surface area (Å²) >= 11 is 0. The number of nitrogens with zero attached hydrogens (tertiary/aromatic N) is 3. The van der Waals surface area contributed by atoms with E-state index in [1.807, 2.05) is 9.80 Å². The molecule has 1 spiro atoms. The predicted octanol–water partition coefficient (Wildman–Crippen LogP) is 0.726. The van der Waals surface area contributed by atoms with Crippen LogP contribution in [0.5, 0.6) is 0 Å². The molecular weight excluding hydrogens is 334 g/mol. The number of amides is 2. The van der Waals surface area contributed by atoms with Crippen LogP contribution in [0.3, 0.4) is 0 Å². The number of hydrogen-bond acceptors (Lipinski definition) is 4. The summed E-state index contributed by atoms with van der Waals surface area (Å²) in [5.74, 6) is 0.186. The molecule has 0 atom stereocenters. The fraction of sp³-hybridized carbons (Fsp3) is 0.632. The number of aromatic nitrogens is 1. The molecule has 2 fully saturated rings. The molecule has 1 aromatic heterocycles. The van der Waals surface area contributed by atoms with E-state index < -0.39 is 0 Å². The van der Waals surface area contributed by atoms with E-state index in [1.54, 1.807) is 25.4 Å². The van der Waals surface area contributed by atoms with E-state index in [9.17, 15) is 14.4 Å². The van der Waals surface area contributed by atoms with Crippen molar-refractivity contribution in [2.45, 2.75) is 32.2 Å². The van der Waals surface area contributed by atoms with Gasteiger partial charge in [0, 0.05) is 52.0 Å². The van der Waals surface area contributed by atoms with Crippen molar-refractivity contribution >= 4 is 11.8 Å². The SMILES string of the molecule is COCCN1CC2(CCC1=O)CCN(C(=O)Cn1ccccc1=O)CC2. The van der Waals surface area contributed by atoms with E-state index in [4.69, 9.17) is 4.74 Å². The van der Waals surface area contributed by atoms with Crippen molar-refractivity contribution in [1.29, 1.82) is 0 Å². The standard InChI is InChI=1S/C19H27N3O4/c1-26-13-12-22-15-19(6-5-17(22)24)7-10-20(11-8-19)18(25)14-21-9-3-2-4-16(21)23/h2-4,9H,5-8,10-15H2,1H3. The smallest absolute Gasteiger partial charge is 0.250 e. The minimum Gasteiger partial charge on any atom is -0.383 e. The average Bonchev–Trinajstić information content (AvgIpc) is 2.65. The second-order valence-corrected chi connectivity index (χ2v) is 7.36. The number of likely N-dealkylation sites (tertiary alicyclic amines) is 2. The minimum atomic E-state index is -0.158. The lowest BCUT2D eigenvalue weighted by molar-refractivity contribution is -0.143. The third-order valence-electron chi connectivity index (χ3n) is 5.69. The molecule has 7 nitrogen and oxygen atoms in total. The molecule has 7 heteroatoms. The first-order chi connectivity index (χ1) is 12.5. The molecule has 0 unspecified atom stereocenters. The molecule has 3 heterocycles. The molecule has 3 rings (SSSR count). The highest BCUT2D eigenvalue weighted by atomic mass is 16.5. The third-order valence-corrected chi connectivity index (χ3v) is 5.69. The van der Waals surface area contributed by atoms with Crippen molar-refractivity contribution in [3.05, 3.63) is 34.7 Å². The molecule has 0 N–H and O–H groups in total. The second-order valence-electron chi connectivity index (χ2n) is 7.36. The molecular formula is C19H27N3O4. The van der Waals surface area contributed by atoms with Gasteiger partial charge in [0.1, 0.15) is 6.54 Å². The van der Waals surface area contributed by atoms with Gasteiger partial charge in [-0.05, 0) is 30.7 Å². The topological polar surface area (TPSA) is 71.8 Å². The Morgan fingerprint density at radius 3 is 2.65 bits per heavy atom. The summed E-state index contributed by atoms with van der Waals surface area (Å²) in [4.78, 5) is 40.2. The summed E-state index contributed by atoms with van der Waals surface area (Å²) in [5.41, 5.74) is -0.0453. The number of pyridine rings is 1. The quantitative estimate of drug-likeness (QED) is 0.775. The van der Waals surface area contributed by atoms with Gasteiger partial charge in [-0.1, -0.05) is 6.07 Å². The van der Waals surface area contributed by atoms with Gasteiger partial charge in [-0.3, -0.25) is 14.4 Å². The first-order valence-corrected chi connectivity index (χ1v) is 9.23. The van der Waals surface area contributed by atoms with Crippen LogP contribution < -0.4 is 5.56 Å². The molecule has 0 radical (unpaired) electrons. The average molecular weight is 361 g/mol. The van der Waals surface area contributed by atoms with Crippen LogP contribution in [-0.4, -0.2) is 66.1 Å². The second kappa shape index (κ2) is 8.03. The fourth-order valence-electron chi connectivity index (χ4n) is 3.98. The summed E-state index contributed by atoms with van der Waals surface area (Å²) in [6.07, 6.45) is 4.93. The molecule has 2 aliphatic heterocycles. The number of carbonyl (C=O) groups excluding carboxylic acids is 2. The number of ether oxygens (including phenoxy) is 1. The molecule has 2 amide bonds. The molecule has 0 aromatic carbocycles. The van der Waals surface area contributed by atoms with Gasteiger partial charge in [-0.25, -0.2) is 0 Å². The van der Waals surface area contributed by atoms with Crippen LogP contribution in [0.4, 0.5) is 0 Å². The molecule has 0 saturated carbocycles. The maximum atomic E-state index is 12.5. The van der Waals surface area contributed by atoms with E-state index in [2.05, 4.69) is 0 Å². The molecule has 0 bridgehead atoms. The van der Waals surface area contributed by atoms with E-state index in [-0.39, 0.29) is 29.3 Å². The van der Waals surface area contributed by atoms with E-state index in [0.717, 1.165) is 25.8 Å². The van der Waals surface area contributed by atoms with Gasteiger partial charge in [-0.2, -0.15) is 0 Å². The van der Waals surface area contributed by atoms with Crippen molar-refractivity contribution in [2.24, 2.45) is 5.41 Å². The molecule has 0 aliphatic carbocycles. The molecule has 142 valence electrons. The van der Waals surface area contributed by atoms with Gasteiger partial charge in [0.2, 0.25) is 11.8 Å². The van der Waals surface area contributed by atoms with Crippen molar-refractivity contribution in [3.8, 4) is 0 Å². The van der Waals surface area contributed by atoms with Gasteiger partial charge in [0.25, 0.3) is 5.56 Å². The first-order valence-electron chi connectivity index (χ1n) is 9.23. The number of piperidine rings is 2. The van der Waals surface area contributed by atoms with Gasteiger partial charge in [0.15, 0.2) is 0 Å². The highest BCUT2D eigenvalue weighted by molar-refractivity contribution is 5.77. The fourth-order valence-corrected chi connectivity index (χ4v) is 3.98. The largest absolute Gasteiger partial charge is 0.383 e. The maximum absolute atomic E-state index is 12.5. The lowest BCUT2D eigenvalue weighted by atomic mass is 9.72. The van der Waals surface area contributed by atoms with Crippen molar-refractivity contribution in [3.63, 3.8) is 0 Å². The Bertz CT molecular complexity index is 707.